The highest BCUT2D eigenvalue weighted by Crippen LogP contribution is 2.16. The Morgan fingerprint density at radius 2 is 2.07 bits per heavy atom. The predicted octanol–water partition coefficient (Wildman–Crippen LogP) is 0.963. The molecule has 0 radical (unpaired) electrons. The molecular formula is C9H12N2O3S. The molecule has 1 aromatic rings. The minimum atomic E-state index is -1.05. The highest BCUT2D eigenvalue weighted by molar-refractivity contribution is 7.13. The molecule has 2 N–H and O–H groups in total. The lowest BCUT2D eigenvalue weighted by Crippen LogP contribution is -2.38. The summed E-state index contributed by atoms with van der Waals surface area (Å²) in [7, 11) is 0. The number of hydrogen-bond acceptors (Lipinski definition) is 4. The maximum Gasteiger partial charge on any atom is 0.325 e. The van der Waals surface area contributed by atoms with Gasteiger partial charge in [0.1, 0.15) is 10.9 Å². The molecule has 0 fully saturated rings. The number of carboxylic acids is 1. The number of hydrogen-bond donors (Lipinski definition) is 2. The van der Waals surface area contributed by atoms with Crippen molar-refractivity contribution in [3.8, 4) is 0 Å². The molecule has 1 amide bonds. The second-order valence-electron chi connectivity index (χ2n) is 3.18. The Morgan fingerprint density at radius 1 is 1.47 bits per heavy atom. The van der Waals surface area contributed by atoms with Crippen LogP contribution >= 0.6 is 11.3 Å². The van der Waals surface area contributed by atoms with E-state index in [1.54, 1.807) is 13.8 Å². The van der Waals surface area contributed by atoms with Crippen molar-refractivity contribution in [1.82, 2.24) is 10.3 Å². The first-order chi connectivity index (χ1) is 6.91. The smallest absolute Gasteiger partial charge is 0.325 e. The molecule has 0 aliphatic carbocycles. The van der Waals surface area contributed by atoms with Gasteiger partial charge < -0.3 is 10.4 Å². The van der Waals surface area contributed by atoms with Crippen molar-refractivity contribution in [3.05, 3.63) is 15.6 Å². The van der Waals surface area contributed by atoms with E-state index in [-0.39, 0.29) is 5.91 Å². The van der Waals surface area contributed by atoms with E-state index in [1.165, 1.54) is 18.3 Å². The van der Waals surface area contributed by atoms with Crippen LogP contribution in [0.1, 0.15) is 27.3 Å². The van der Waals surface area contributed by atoms with Gasteiger partial charge in [-0.1, -0.05) is 0 Å². The molecule has 0 saturated carbocycles. The number of carbonyl (C=O) groups is 2. The number of aliphatic carboxylic acids is 1. The van der Waals surface area contributed by atoms with Crippen molar-refractivity contribution in [2.45, 2.75) is 26.8 Å². The van der Waals surface area contributed by atoms with Crippen LogP contribution in [0.4, 0.5) is 0 Å². The summed E-state index contributed by atoms with van der Waals surface area (Å²) in [5, 5.41) is 11.8. The third-order valence-corrected chi connectivity index (χ3v) is 2.90. The number of amides is 1. The molecule has 0 aromatic carbocycles. The molecule has 0 aliphatic rings. The van der Waals surface area contributed by atoms with Crippen molar-refractivity contribution < 1.29 is 14.7 Å². The molecule has 6 heteroatoms. The average molecular weight is 228 g/mol. The number of nitrogens with one attached hydrogen (secondary N) is 1. The summed E-state index contributed by atoms with van der Waals surface area (Å²) in [6, 6.07) is -0.890. The van der Waals surface area contributed by atoms with Gasteiger partial charge in [-0.3, -0.25) is 9.59 Å². The third kappa shape index (κ3) is 2.76. The summed E-state index contributed by atoms with van der Waals surface area (Å²) in [5.41, 5.74) is 0.632. The number of aryl methyl sites for hydroxylation is 2. The van der Waals surface area contributed by atoms with Crippen LogP contribution in [0.2, 0.25) is 0 Å². The van der Waals surface area contributed by atoms with Crippen molar-refractivity contribution in [1.29, 1.82) is 0 Å². The second kappa shape index (κ2) is 4.39. The normalized spacial score (nSPS) is 12.2. The number of thiazole rings is 1. The highest BCUT2D eigenvalue weighted by atomic mass is 32.1. The molecule has 0 aliphatic heterocycles. The molecule has 1 unspecified atom stereocenters. The van der Waals surface area contributed by atoms with Crippen molar-refractivity contribution >= 4 is 23.2 Å². The first kappa shape index (κ1) is 11.6. The van der Waals surface area contributed by atoms with Gasteiger partial charge in [0.2, 0.25) is 0 Å². The molecule has 82 valence electrons. The van der Waals surface area contributed by atoms with E-state index in [0.29, 0.717) is 10.6 Å². The van der Waals surface area contributed by atoms with Gasteiger partial charge in [0.25, 0.3) is 5.91 Å². The van der Waals surface area contributed by atoms with E-state index in [4.69, 9.17) is 5.11 Å². The van der Waals surface area contributed by atoms with E-state index in [0.717, 1.165) is 5.01 Å². The lowest BCUT2D eigenvalue weighted by Gasteiger charge is -2.07. The van der Waals surface area contributed by atoms with Gasteiger partial charge >= 0.3 is 5.97 Å². The minimum Gasteiger partial charge on any atom is -0.480 e. The summed E-state index contributed by atoms with van der Waals surface area (Å²) in [6.45, 7) is 4.95. The summed E-state index contributed by atoms with van der Waals surface area (Å²) in [4.78, 5) is 26.7. The third-order valence-electron chi connectivity index (χ3n) is 1.83. The second-order valence-corrected chi connectivity index (χ2v) is 4.38. The molecular weight excluding hydrogens is 216 g/mol. The Labute approximate surface area is 91.1 Å². The number of nitrogens with zero attached hydrogens (tertiary/aromatic N) is 1. The first-order valence-corrected chi connectivity index (χ1v) is 5.21. The first-order valence-electron chi connectivity index (χ1n) is 4.39. The van der Waals surface area contributed by atoms with Crippen molar-refractivity contribution in [2.75, 3.05) is 0 Å². The fourth-order valence-corrected chi connectivity index (χ4v) is 1.89. The molecule has 1 aromatic heterocycles. The van der Waals surface area contributed by atoms with Gasteiger partial charge in [0.15, 0.2) is 0 Å². The minimum absolute atomic E-state index is 0.381. The van der Waals surface area contributed by atoms with Crippen molar-refractivity contribution in [2.24, 2.45) is 0 Å². The molecule has 0 bridgehead atoms. The lowest BCUT2D eigenvalue weighted by molar-refractivity contribution is -0.138. The van der Waals surface area contributed by atoms with Crippen LogP contribution in [0.5, 0.6) is 0 Å². The Balaban J connectivity index is 2.77. The maximum atomic E-state index is 11.6. The SMILES string of the molecule is Cc1nc(C)c(C(=O)NC(C)C(=O)O)s1. The van der Waals surface area contributed by atoms with E-state index >= 15 is 0 Å². The van der Waals surface area contributed by atoms with E-state index in [2.05, 4.69) is 10.3 Å². The van der Waals surface area contributed by atoms with Crippen LogP contribution in [-0.4, -0.2) is 28.0 Å². The molecule has 0 spiro atoms. The molecule has 0 saturated heterocycles. The van der Waals surface area contributed by atoms with Crippen LogP contribution in [0.15, 0.2) is 0 Å². The Hall–Kier alpha value is -1.43. The number of aromatic nitrogens is 1. The number of carbonyl (C=O) groups excluding carboxylic acids is 1. The quantitative estimate of drug-likeness (QED) is 0.807. The number of carboxylic acid groups (broad SMARTS) is 1. The molecule has 1 heterocycles. The monoisotopic (exact) mass is 228 g/mol. The Bertz CT molecular complexity index is 400. The van der Waals surface area contributed by atoms with Gasteiger partial charge in [0.05, 0.1) is 10.7 Å². The average Bonchev–Trinajstić information content (AvgIpc) is 2.44. The van der Waals surface area contributed by atoms with Crippen LogP contribution in [0, 0.1) is 13.8 Å². The van der Waals surface area contributed by atoms with E-state index in [9.17, 15) is 9.59 Å². The van der Waals surface area contributed by atoms with Gasteiger partial charge in [-0.2, -0.15) is 0 Å². The Morgan fingerprint density at radius 3 is 2.47 bits per heavy atom. The van der Waals surface area contributed by atoms with Crippen LogP contribution in [0.3, 0.4) is 0 Å². The molecule has 5 nitrogen and oxygen atoms in total. The van der Waals surface area contributed by atoms with Crippen LogP contribution in [-0.2, 0) is 4.79 Å². The zero-order chi connectivity index (χ0) is 11.6. The van der Waals surface area contributed by atoms with Gasteiger partial charge in [-0.25, -0.2) is 4.98 Å². The summed E-state index contributed by atoms with van der Waals surface area (Å²) in [5.74, 6) is -1.43. The summed E-state index contributed by atoms with van der Waals surface area (Å²) in [6.07, 6.45) is 0. The highest BCUT2D eigenvalue weighted by Gasteiger charge is 2.18. The fraction of sp³-hybridized carbons (Fsp3) is 0.444. The van der Waals surface area contributed by atoms with Gasteiger partial charge in [-0.05, 0) is 20.8 Å². The summed E-state index contributed by atoms with van der Waals surface area (Å²) >= 11 is 1.26. The topological polar surface area (TPSA) is 79.3 Å². The zero-order valence-electron chi connectivity index (χ0n) is 8.70. The fourth-order valence-electron chi connectivity index (χ4n) is 1.07. The van der Waals surface area contributed by atoms with Gasteiger partial charge in [-0.15, -0.1) is 11.3 Å². The number of rotatable bonds is 3. The Kier molecular flexibility index (Phi) is 3.41. The van der Waals surface area contributed by atoms with Crippen LogP contribution < -0.4 is 5.32 Å². The van der Waals surface area contributed by atoms with Crippen LogP contribution in [0.25, 0.3) is 0 Å². The largest absolute Gasteiger partial charge is 0.480 e. The molecule has 15 heavy (non-hydrogen) atoms. The van der Waals surface area contributed by atoms with Gasteiger partial charge in [0, 0.05) is 0 Å². The summed E-state index contributed by atoms with van der Waals surface area (Å²) < 4.78 is 0. The predicted molar refractivity (Wildman–Crippen MR) is 56.2 cm³/mol. The maximum absolute atomic E-state index is 11.6. The standard InChI is InChI=1S/C9H12N2O3S/c1-4-7(15-6(3)10-4)8(12)11-5(2)9(13)14/h5H,1-3H3,(H,11,12)(H,13,14). The lowest BCUT2D eigenvalue weighted by atomic mass is 10.3. The van der Waals surface area contributed by atoms with E-state index < -0.39 is 12.0 Å². The zero-order valence-corrected chi connectivity index (χ0v) is 9.51. The molecule has 1 rings (SSSR count). The van der Waals surface area contributed by atoms with E-state index in [1.807, 2.05) is 0 Å². The van der Waals surface area contributed by atoms with Crippen molar-refractivity contribution in [3.63, 3.8) is 0 Å². The molecule has 1 atom stereocenters.